The number of sulfonamides is 1. The summed E-state index contributed by atoms with van der Waals surface area (Å²) in [6.07, 6.45) is 0. The minimum Gasteiger partial charge on any atom is -0.495 e. The minimum atomic E-state index is -4.22. The van der Waals surface area contributed by atoms with Crippen LogP contribution < -0.4 is 14.4 Å². The van der Waals surface area contributed by atoms with Crippen LogP contribution in [0.4, 0.5) is 5.69 Å². The largest absolute Gasteiger partial charge is 0.495 e. The first kappa shape index (κ1) is 28.5. The Kier molecular flexibility index (Phi) is 9.58. The Morgan fingerprint density at radius 2 is 1.76 bits per heavy atom. The zero-order valence-corrected chi connectivity index (χ0v) is 23.7. The van der Waals surface area contributed by atoms with Crippen molar-refractivity contribution in [1.82, 2.24) is 10.2 Å². The Morgan fingerprint density at radius 1 is 1.05 bits per heavy atom. The SMILES string of the molecule is CNC(=O)C(C)N(Cc1cccc(Br)c1)C(=O)CN(c1cc(Cl)ccc1OC)S(=O)(=O)c1ccccc1. The number of ether oxygens (including phenoxy) is 1. The first-order valence-electron chi connectivity index (χ1n) is 11.2. The number of carbonyl (C=O) groups excluding carboxylic acids is 2. The molecule has 1 N–H and O–H groups in total. The van der Waals surface area contributed by atoms with Gasteiger partial charge < -0.3 is 15.0 Å². The van der Waals surface area contributed by atoms with Gasteiger partial charge in [-0.25, -0.2) is 8.42 Å². The molecule has 0 aliphatic carbocycles. The molecule has 0 saturated carbocycles. The van der Waals surface area contributed by atoms with Crippen molar-refractivity contribution in [2.75, 3.05) is 25.0 Å². The number of rotatable bonds is 10. The number of methoxy groups -OCH3 is 1. The number of hydrogen-bond acceptors (Lipinski definition) is 5. The number of amides is 2. The van der Waals surface area contributed by atoms with E-state index in [1.54, 1.807) is 31.2 Å². The summed E-state index contributed by atoms with van der Waals surface area (Å²) in [5, 5.41) is 2.82. The van der Waals surface area contributed by atoms with Crippen LogP contribution in [-0.4, -0.2) is 51.9 Å². The Balaban J connectivity index is 2.10. The lowest BCUT2D eigenvalue weighted by Gasteiger charge is -2.32. The number of nitrogens with zero attached hydrogens (tertiary/aromatic N) is 2. The fourth-order valence-electron chi connectivity index (χ4n) is 3.71. The standard InChI is InChI=1S/C26H27BrClN3O5S/c1-18(26(33)29-2)30(16-19-8-7-9-20(27)14-19)25(32)17-31(23-15-21(28)12-13-24(23)36-3)37(34,35)22-10-5-4-6-11-22/h4-15,18H,16-17H2,1-3H3,(H,29,33). The van der Waals surface area contributed by atoms with E-state index in [9.17, 15) is 18.0 Å². The average Bonchev–Trinajstić information content (AvgIpc) is 2.89. The van der Waals surface area contributed by atoms with Gasteiger partial charge in [-0.15, -0.1) is 0 Å². The molecule has 1 unspecified atom stereocenters. The predicted octanol–water partition coefficient (Wildman–Crippen LogP) is 4.47. The lowest BCUT2D eigenvalue weighted by Crippen LogP contribution is -2.50. The van der Waals surface area contributed by atoms with Gasteiger partial charge in [0.05, 0.1) is 17.7 Å². The number of benzene rings is 3. The third-order valence-electron chi connectivity index (χ3n) is 5.68. The third-order valence-corrected chi connectivity index (χ3v) is 8.18. The molecule has 0 bridgehead atoms. The fourth-order valence-corrected chi connectivity index (χ4v) is 5.77. The molecule has 0 radical (unpaired) electrons. The number of nitrogens with one attached hydrogen (secondary N) is 1. The summed E-state index contributed by atoms with van der Waals surface area (Å²) in [5.74, 6) is -0.756. The maximum Gasteiger partial charge on any atom is 0.264 e. The first-order chi connectivity index (χ1) is 17.6. The first-order valence-corrected chi connectivity index (χ1v) is 13.9. The molecule has 0 spiro atoms. The van der Waals surface area contributed by atoms with Crippen LogP contribution in [0.15, 0.2) is 82.2 Å². The van der Waals surface area contributed by atoms with Crippen molar-refractivity contribution in [1.29, 1.82) is 0 Å². The molecule has 1 atom stereocenters. The molecule has 8 nitrogen and oxygen atoms in total. The van der Waals surface area contributed by atoms with Crippen LogP contribution >= 0.6 is 27.5 Å². The predicted molar refractivity (Wildman–Crippen MR) is 147 cm³/mol. The van der Waals surface area contributed by atoms with Crippen molar-refractivity contribution >= 4 is 55.1 Å². The van der Waals surface area contributed by atoms with Gasteiger partial charge in [0.15, 0.2) is 0 Å². The number of carbonyl (C=O) groups is 2. The highest BCUT2D eigenvalue weighted by atomic mass is 79.9. The molecular formula is C26H27BrClN3O5S. The van der Waals surface area contributed by atoms with Crippen LogP contribution in [0.25, 0.3) is 0 Å². The smallest absolute Gasteiger partial charge is 0.264 e. The van der Waals surface area contributed by atoms with Crippen LogP contribution in [0.2, 0.25) is 5.02 Å². The fraction of sp³-hybridized carbons (Fsp3) is 0.231. The van der Waals surface area contributed by atoms with Crippen molar-refractivity contribution in [3.05, 3.63) is 87.9 Å². The molecule has 0 aliphatic rings. The molecule has 3 aromatic rings. The van der Waals surface area contributed by atoms with Gasteiger partial charge in [-0.2, -0.15) is 0 Å². The van der Waals surface area contributed by atoms with Crippen molar-refractivity contribution in [2.24, 2.45) is 0 Å². The van der Waals surface area contributed by atoms with E-state index in [1.807, 2.05) is 24.3 Å². The van der Waals surface area contributed by atoms with E-state index >= 15 is 0 Å². The highest BCUT2D eigenvalue weighted by molar-refractivity contribution is 9.10. The van der Waals surface area contributed by atoms with Crippen molar-refractivity contribution in [2.45, 2.75) is 24.4 Å². The van der Waals surface area contributed by atoms with Gasteiger partial charge in [-0.05, 0) is 55.0 Å². The second-order valence-electron chi connectivity index (χ2n) is 8.08. The van der Waals surface area contributed by atoms with Gasteiger partial charge in [0.25, 0.3) is 10.0 Å². The van der Waals surface area contributed by atoms with Crippen LogP contribution in [-0.2, 0) is 26.2 Å². The molecule has 3 rings (SSSR count). The second-order valence-corrected chi connectivity index (χ2v) is 11.3. The Hall–Kier alpha value is -3.08. The van der Waals surface area contributed by atoms with Gasteiger partial charge in [-0.3, -0.25) is 13.9 Å². The van der Waals surface area contributed by atoms with E-state index in [0.717, 1.165) is 14.3 Å². The summed E-state index contributed by atoms with van der Waals surface area (Å²) in [7, 11) is -1.35. The van der Waals surface area contributed by atoms with Gasteiger partial charge >= 0.3 is 0 Å². The molecule has 0 saturated heterocycles. The summed E-state index contributed by atoms with van der Waals surface area (Å²) >= 11 is 9.63. The summed E-state index contributed by atoms with van der Waals surface area (Å²) in [6, 6.07) is 18.7. The van der Waals surface area contributed by atoms with Crippen molar-refractivity contribution in [3.8, 4) is 5.75 Å². The van der Waals surface area contributed by atoms with E-state index in [2.05, 4.69) is 21.2 Å². The van der Waals surface area contributed by atoms with Crippen LogP contribution in [0.5, 0.6) is 5.75 Å². The molecular weight excluding hydrogens is 582 g/mol. The third kappa shape index (κ3) is 6.82. The van der Waals surface area contributed by atoms with Crippen LogP contribution in [0, 0.1) is 0 Å². The summed E-state index contributed by atoms with van der Waals surface area (Å²) < 4.78 is 34.8. The lowest BCUT2D eigenvalue weighted by atomic mass is 10.1. The monoisotopic (exact) mass is 607 g/mol. The lowest BCUT2D eigenvalue weighted by molar-refractivity contribution is -0.139. The highest BCUT2D eigenvalue weighted by Crippen LogP contribution is 2.35. The quantitative estimate of drug-likeness (QED) is 0.367. The van der Waals surface area contributed by atoms with E-state index in [-0.39, 0.29) is 33.8 Å². The Morgan fingerprint density at radius 3 is 2.38 bits per heavy atom. The van der Waals surface area contributed by atoms with E-state index in [4.69, 9.17) is 16.3 Å². The van der Waals surface area contributed by atoms with E-state index < -0.39 is 28.5 Å². The maximum absolute atomic E-state index is 13.8. The van der Waals surface area contributed by atoms with Crippen molar-refractivity contribution in [3.63, 3.8) is 0 Å². The molecule has 2 amide bonds. The summed E-state index contributed by atoms with van der Waals surface area (Å²) in [6.45, 7) is 1.08. The Bertz CT molecular complexity index is 1370. The van der Waals surface area contributed by atoms with E-state index in [1.165, 1.54) is 43.3 Å². The normalized spacial score (nSPS) is 11.9. The molecule has 196 valence electrons. The van der Waals surface area contributed by atoms with Gasteiger partial charge in [0, 0.05) is 23.1 Å². The minimum absolute atomic E-state index is 0.0114. The number of likely N-dealkylation sites (N-methyl/N-ethyl adjacent to an activating group) is 1. The average molecular weight is 609 g/mol. The Labute approximate surface area is 230 Å². The van der Waals surface area contributed by atoms with E-state index in [0.29, 0.717) is 0 Å². The molecule has 3 aromatic carbocycles. The molecule has 11 heteroatoms. The highest BCUT2D eigenvalue weighted by Gasteiger charge is 2.33. The number of halogens is 2. The number of anilines is 1. The van der Waals surface area contributed by atoms with Crippen LogP contribution in [0.1, 0.15) is 12.5 Å². The zero-order chi connectivity index (χ0) is 27.2. The van der Waals surface area contributed by atoms with Crippen LogP contribution in [0.3, 0.4) is 0 Å². The maximum atomic E-state index is 13.8. The van der Waals surface area contributed by atoms with Gasteiger partial charge in [0.1, 0.15) is 18.3 Å². The molecule has 0 aliphatic heterocycles. The topological polar surface area (TPSA) is 96.0 Å². The van der Waals surface area contributed by atoms with Gasteiger partial charge in [0.2, 0.25) is 11.8 Å². The molecule has 0 heterocycles. The van der Waals surface area contributed by atoms with Gasteiger partial charge in [-0.1, -0.05) is 57.9 Å². The summed E-state index contributed by atoms with van der Waals surface area (Å²) in [4.78, 5) is 27.7. The second kappa shape index (κ2) is 12.4. The number of hydrogen-bond donors (Lipinski definition) is 1. The zero-order valence-electron chi connectivity index (χ0n) is 20.5. The molecule has 0 fully saturated rings. The molecule has 37 heavy (non-hydrogen) atoms. The summed E-state index contributed by atoms with van der Waals surface area (Å²) in [5.41, 5.74) is 0.860. The molecule has 0 aromatic heterocycles. The van der Waals surface area contributed by atoms with Crippen molar-refractivity contribution < 1.29 is 22.7 Å².